The molecular weight excluding hydrogens is 298 g/mol. The molecule has 5 nitrogen and oxygen atoms in total. The number of carbonyl (C=O) groups is 1. The molecule has 0 bridgehead atoms. The number of aliphatic hydroxyl groups is 1. The summed E-state index contributed by atoms with van der Waals surface area (Å²) >= 11 is 1.46. The zero-order chi connectivity index (χ0) is 16.2. The molecule has 22 heavy (non-hydrogen) atoms. The predicted molar refractivity (Wildman–Crippen MR) is 90.3 cm³/mol. The van der Waals surface area contributed by atoms with Crippen molar-refractivity contribution >= 4 is 22.5 Å². The Morgan fingerprint density at radius 2 is 2.23 bits per heavy atom. The fourth-order valence-electron chi connectivity index (χ4n) is 2.82. The minimum Gasteiger partial charge on any atom is -0.393 e. The Labute approximate surface area is 136 Å². The highest BCUT2D eigenvalue weighted by atomic mass is 32.1. The number of carbonyl (C=O) groups excluding carboxylic acids is 1. The second-order valence-electron chi connectivity index (χ2n) is 7.40. The van der Waals surface area contributed by atoms with Crippen LogP contribution in [0.3, 0.4) is 0 Å². The second kappa shape index (κ2) is 7.42. The van der Waals surface area contributed by atoms with Gasteiger partial charge in [0.25, 0.3) is 0 Å². The van der Waals surface area contributed by atoms with E-state index in [9.17, 15) is 9.90 Å². The van der Waals surface area contributed by atoms with Crippen LogP contribution in [0.1, 0.15) is 52.1 Å². The molecule has 0 saturated heterocycles. The van der Waals surface area contributed by atoms with Gasteiger partial charge < -0.3 is 10.4 Å². The average molecular weight is 325 g/mol. The van der Waals surface area contributed by atoms with Crippen LogP contribution in [-0.2, 0) is 6.42 Å². The summed E-state index contributed by atoms with van der Waals surface area (Å²) in [7, 11) is 0. The number of amides is 2. The van der Waals surface area contributed by atoms with E-state index in [0.29, 0.717) is 17.6 Å². The van der Waals surface area contributed by atoms with E-state index in [1.54, 1.807) is 0 Å². The van der Waals surface area contributed by atoms with E-state index >= 15 is 0 Å². The minimum absolute atomic E-state index is 0.190. The number of nitrogens with zero attached hydrogens (tertiary/aromatic N) is 1. The summed E-state index contributed by atoms with van der Waals surface area (Å²) in [5, 5.41) is 18.0. The molecule has 124 valence electrons. The lowest BCUT2D eigenvalue weighted by Gasteiger charge is -2.25. The molecule has 0 aliphatic heterocycles. The molecule has 1 saturated carbocycles. The van der Waals surface area contributed by atoms with Crippen molar-refractivity contribution in [3.05, 3.63) is 11.1 Å². The largest absolute Gasteiger partial charge is 0.393 e. The van der Waals surface area contributed by atoms with Gasteiger partial charge in [-0.3, -0.25) is 5.32 Å². The number of nitrogens with one attached hydrogen (secondary N) is 2. The van der Waals surface area contributed by atoms with E-state index in [4.69, 9.17) is 0 Å². The molecule has 1 aromatic rings. The molecule has 0 spiro atoms. The first-order valence-corrected chi connectivity index (χ1v) is 8.87. The molecule has 2 unspecified atom stereocenters. The van der Waals surface area contributed by atoms with Crippen molar-refractivity contribution in [3.63, 3.8) is 0 Å². The number of anilines is 1. The molecular formula is C16H27N3O2S. The predicted octanol–water partition coefficient (Wildman–Crippen LogP) is 3.40. The van der Waals surface area contributed by atoms with Crippen LogP contribution in [0.15, 0.2) is 5.38 Å². The van der Waals surface area contributed by atoms with Crippen molar-refractivity contribution in [2.45, 2.75) is 59.0 Å². The third kappa shape index (κ3) is 5.93. The molecule has 1 aromatic heterocycles. The monoisotopic (exact) mass is 325 g/mol. The van der Waals surface area contributed by atoms with Gasteiger partial charge in [-0.05, 0) is 37.0 Å². The number of hydrogen-bond acceptors (Lipinski definition) is 4. The molecule has 0 radical (unpaired) electrons. The third-order valence-corrected chi connectivity index (χ3v) is 4.60. The lowest BCUT2D eigenvalue weighted by atomic mass is 9.87. The summed E-state index contributed by atoms with van der Waals surface area (Å²) < 4.78 is 0. The number of hydrogen-bond donors (Lipinski definition) is 3. The molecule has 0 aromatic carbocycles. The van der Waals surface area contributed by atoms with E-state index in [1.807, 2.05) is 5.38 Å². The van der Waals surface area contributed by atoms with Crippen LogP contribution in [-0.4, -0.2) is 28.8 Å². The van der Waals surface area contributed by atoms with E-state index in [1.165, 1.54) is 11.3 Å². The summed E-state index contributed by atoms with van der Waals surface area (Å²) in [6, 6.07) is -0.211. The average Bonchev–Trinajstić information content (AvgIpc) is 2.81. The smallest absolute Gasteiger partial charge is 0.321 e. The van der Waals surface area contributed by atoms with E-state index in [-0.39, 0.29) is 17.6 Å². The Bertz CT molecular complexity index is 496. The molecule has 1 aliphatic carbocycles. The molecule has 6 heteroatoms. The van der Waals surface area contributed by atoms with Gasteiger partial charge in [-0.15, -0.1) is 11.3 Å². The van der Waals surface area contributed by atoms with Crippen LogP contribution in [0.4, 0.5) is 9.93 Å². The second-order valence-corrected chi connectivity index (χ2v) is 8.26. The Hall–Kier alpha value is -1.14. The van der Waals surface area contributed by atoms with Crippen molar-refractivity contribution < 1.29 is 9.90 Å². The molecule has 2 amide bonds. The highest BCUT2D eigenvalue weighted by Gasteiger charge is 2.20. The summed E-state index contributed by atoms with van der Waals surface area (Å²) in [5.41, 5.74) is 1.21. The van der Waals surface area contributed by atoms with Gasteiger partial charge in [0.15, 0.2) is 5.13 Å². The van der Waals surface area contributed by atoms with Crippen LogP contribution < -0.4 is 10.6 Å². The summed E-state index contributed by atoms with van der Waals surface area (Å²) in [6.07, 6.45) is 4.48. The molecule has 1 aliphatic rings. The van der Waals surface area contributed by atoms with E-state index < -0.39 is 0 Å². The lowest BCUT2D eigenvalue weighted by molar-refractivity contribution is 0.101. The van der Waals surface area contributed by atoms with Crippen LogP contribution >= 0.6 is 11.3 Å². The first-order chi connectivity index (χ1) is 10.3. The number of rotatable bonds is 4. The van der Waals surface area contributed by atoms with Gasteiger partial charge in [-0.1, -0.05) is 27.2 Å². The summed E-state index contributed by atoms with van der Waals surface area (Å²) in [4.78, 5) is 16.4. The van der Waals surface area contributed by atoms with Gasteiger partial charge in [0.1, 0.15) is 0 Å². The Morgan fingerprint density at radius 1 is 1.45 bits per heavy atom. The Balaban J connectivity index is 1.75. The van der Waals surface area contributed by atoms with Gasteiger partial charge in [-0.2, -0.15) is 0 Å². The maximum absolute atomic E-state index is 11.9. The zero-order valence-corrected chi connectivity index (χ0v) is 14.5. The van der Waals surface area contributed by atoms with Crippen LogP contribution in [0.5, 0.6) is 0 Å². The molecule has 1 heterocycles. The Kier molecular flexibility index (Phi) is 5.81. The van der Waals surface area contributed by atoms with E-state index in [2.05, 4.69) is 36.4 Å². The highest BCUT2D eigenvalue weighted by Crippen LogP contribution is 2.25. The van der Waals surface area contributed by atoms with Crippen molar-refractivity contribution in [1.82, 2.24) is 10.3 Å². The number of urea groups is 1. The molecule has 1 fully saturated rings. The normalized spacial score (nSPS) is 22.4. The minimum atomic E-state index is -0.211. The third-order valence-electron chi connectivity index (χ3n) is 3.79. The summed E-state index contributed by atoms with van der Waals surface area (Å²) in [6.45, 7) is 7.13. The van der Waals surface area contributed by atoms with Gasteiger partial charge >= 0.3 is 6.03 Å². The van der Waals surface area contributed by atoms with Crippen molar-refractivity contribution in [2.24, 2.45) is 11.3 Å². The standard InChI is InChI=1S/C16H27N3O2S/c1-16(2,3)8-12-10-22-15(18-12)19-14(21)17-9-11-5-4-6-13(20)7-11/h10-11,13,20H,4-9H2,1-3H3,(H2,17,18,19,21). The van der Waals surface area contributed by atoms with Crippen LogP contribution in [0.25, 0.3) is 0 Å². The molecule has 2 atom stereocenters. The fourth-order valence-corrected chi connectivity index (χ4v) is 3.52. The van der Waals surface area contributed by atoms with Crippen LogP contribution in [0.2, 0.25) is 0 Å². The number of thiazole rings is 1. The summed E-state index contributed by atoms with van der Waals surface area (Å²) in [5.74, 6) is 0.377. The van der Waals surface area contributed by atoms with Crippen LogP contribution in [0, 0.1) is 11.3 Å². The van der Waals surface area contributed by atoms with Crippen molar-refractivity contribution in [1.29, 1.82) is 0 Å². The maximum atomic E-state index is 11.9. The lowest BCUT2D eigenvalue weighted by Crippen LogP contribution is -2.35. The quantitative estimate of drug-likeness (QED) is 0.794. The van der Waals surface area contributed by atoms with Gasteiger partial charge in [0.2, 0.25) is 0 Å². The van der Waals surface area contributed by atoms with Gasteiger partial charge in [0, 0.05) is 11.9 Å². The SMILES string of the molecule is CC(C)(C)Cc1csc(NC(=O)NCC2CCCC(O)C2)n1. The molecule has 3 N–H and O–H groups in total. The highest BCUT2D eigenvalue weighted by molar-refractivity contribution is 7.13. The zero-order valence-electron chi connectivity index (χ0n) is 13.7. The maximum Gasteiger partial charge on any atom is 0.321 e. The van der Waals surface area contributed by atoms with Crippen molar-refractivity contribution in [2.75, 3.05) is 11.9 Å². The first-order valence-electron chi connectivity index (χ1n) is 7.99. The van der Waals surface area contributed by atoms with Gasteiger partial charge in [-0.25, -0.2) is 9.78 Å². The van der Waals surface area contributed by atoms with E-state index in [0.717, 1.165) is 37.8 Å². The fraction of sp³-hybridized carbons (Fsp3) is 0.750. The number of aliphatic hydroxyl groups excluding tert-OH is 1. The molecule has 2 rings (SSSR count). The first kappa shape index (κ1) is 17.2. The number of aromatic nitrogens is 1. The Morgan fingerprint density at radius 3 is 2.91 bits per heavy atom. The van der Waals surface area contributed by atoms with Gasteiger partial charge in [0.05, 0.1) is 11.8 Å². The topological polar surface area (TPSA) is 74.2 Å². The van der Waals surface area contributed by atoms with Crippen molar-refractivity contribution in [3.8, 4) is 0 Å².